The van der Waals surface area contributed by atoms with E-state index in [1.807, 2.05) is 0 Å². The molecule has 0 amide bonds. The van der Waals surface area contributed by atoms with Crippen LogP contribution in [0.15, 0.2) is 34.1 Å². The van der Waals surface area contributed by atoms with Crippen LogP contribution < -0.4 is 4.72 Å². The van der Waals surface area contributed by atoms with Gasteiger partial charge in [-0.3, -0.25) is 0 Å². The van der Waals surface area contributed by atoms with Crippen molar-refractivity contribution in [3.8, 4) is 0 Å². The fraction of sp³-hybridized carbons (Fsp3) is 0.333. The van der Waals surface area contributed by atoms with Gasteiger partial charge in [0.25, 0.3) is 0 Å². The molecule has 20 heavy (non-hydrogen) atoms. The summed E-state index contributed by atoms with van der Waals surface area (Å²) in [5.74, 6) is 0. The Bertz CT molecular complexity index is 665. The van der Waals surface area contributed by atoms with Gasteiger partial charge in [-0.1, -0.05) is 0 Å². The molecule has 0 bridgehead atoms. The summed E-state index contributed by atoms with van der Waals surface area (Å²) in [5.41, 5.74) is 0. The molecule has 6 nitrogen and oxygen atoms in total. The number of nitrogens with one attached hydrogen (secondary N) is 1. The lowest BCUT2D eigenvalue weighted by Crippen LogP contribution is -2.26. The average Bonchev–Trinajstić information content (AvgIpc) is 2.35. The minimum absolute atomic E-state index is 0.0655. The van der Waals surface area contributed by atoms with Gasteiger partial charge in [-0.05, 0) is 72.1 Å². The Morgan fingerprint density at radius 2 is 1.45 bits per heavy atom. The van der Waals surface area contributed by atoms with Gasteiger partial charge in [-0.15, -0.1) is 0 Å². The summed E-state index contributed by atoms with van der Waals surface area (Å²) >= 11 is 8.75. The molecule has 1 aromatic rings. The lowest BCUT2D eigenvalue weighted by Gasteiger charge is -2.14. The maximum Gasteiger partial charge on any atom is 0.240 e. The van der Waals surface area contributed by atoms with E-state index in [1.54, 1.807) is 0 Å². The number of sulfonamides is 1. The Hall–Kier alpha value is 0.480. The maximum absolute atomic E-state index is 12.0. The van der Waals surface area contributed by atoms with E-state index in [4.69, 9.17) is 5.11 Å². The summed E-state index contributed by atoms with van der Waals surface area (Å²) < 4.78 is 48.2. The zero-order valence-electron chi connectivity index (χ0n) is 9.75. The molecule has 114 valence electrons. The van der Waals surface area contributed by atoms with Crippen LogP contribution in [0.3, 0.4) is 0 Å². The molecule has 0 unspecified atom stereocenters. The molecule has 2 N–H and O–H groups in total. The van der Waals surface area contributed by atoms with Crippen molar-refractivity contribution in [2.75, 3.05) is 13.2 Å². The molecule has 0 heterocycles. The predicted molar refractivity (Wildman–Crippen MR) is 85.4 cm³/mol. The van der Waals surface area contributed by atoms with Crippen molar-refractivity contribution < 1.29 is 21.9 Å². The number of alkyl halides is 3. The van der Waals surface area contributed by atoms with Crippen LogP contribution in [0.5, 0.6) is 0 Å². The molecule has 0 saturated carbocycles. The SMILES string of the molecule is O=S(=O)(NCCO)c1ccc(S(=O)(=O)C(Br)(Br)Br)cc1. The van der Waals surface area contributed by atoms with Gasteiger partial charge in [0.1, 0.15) is 0 Å². The van der Waals surface area contributed by atoms with Crippen LogP contribution in [0.1, 0.15) is 0 Å². The third-order valence-electron chi connectivity index (χ3n) is 2.15. The number of halogens is 3. The lowest BCUT2D eigenvalue weighted by atomic mass is 10.4. The summed E-state index contributed by atoms with van der Waals surface area (Å²) in [6.07, 6.45) is 0. The minimum atomic E-state index is -3.76. The van der Waals surface area contributed by atoms with Gasteiger partial charge in [0.15, 0.2) is 0 Å². The third-order valence-corrected chi connectivity index (χ3v) is 8.97. The van der Waals surface area contributed by atoms with Gasteiger partial charge in [-0.25, -0.2) is 21.6 Å². The average molecular weight is 516 g/mol. The first-order chi connectivity index (χ1) is 9.02. The van der Waals surface area contributed by atoms with Gasteiger partial charge in [0, 0.05) is 6.54 Å². The van der Waals surface area contributed by atoms with E-state index in [9.17, 15) is 16.8 Å². The highest BCUT2D eigenvalue weighted by molar-refractivity contribution is 9.42. The largest absolute Gasteiger partial charge is 0.395 e. The van der Waals surface area contributed by atoms with E-state index in [0.717, 1.165) is 0 Å². The zero-order valence-corrected chi connectivity index (χ0v) is 16.1. The van der Waals surface area contributed by atoms with Crippen LogP contribution in [0.25, 0.3) is 0 Å². The van der Waals surface area contributed by atoms with Crippen LogP contribution in [0, 0.1) is 0 Å². The second-order valence-electron chi connectivity index (χ2n) is 3.54. The van der Waals surface area contributed by atoms with E-state index in [1.165, 1.54) is 24.3 Å². The molecule has 0 aromatic heterocycles. The Morgan fingerprint density at radius 1 is 1.00 bits per heavy atom. The van der Waals surface area contributed by atoms with Crippen LogP contribution in [0.2, 0.25) is 0 Å². The Kier molecular flexibility index (Phi) is 6.22. The topological polar surface area (TPSA) is 101 Å². The molecule has 0 radical (unpaired) electrons. The Labute approximate surface area is 142 Å². The summed E-state index contributed by atoms with van der Waals surface area (Å²) in [4.78, 5) is -0.154. The van der Waals surface area contributed by atoms with E-state index < -0.39 is 21.3 Å². The molecule has 0 spiro atoms. The van der Waals surface area contributed by atoms with Gasteiger partial charge >= 0.3 is 0 Å². The number of aliphatic hydroxyl groups excluding tert-OH is 1. The van der Waals surface area contributed by atoms with Crippen molar-refractivity contribution in [2.45, 2.75) is 11.3 Å². The first-order valence-corrected chi connectivity index (χ1v) is 10.4. The van der Waals surface area contributed by atoms with E-state index in [-0.39, 0.29) is 22.9 Å². The highest BCUT2D eigenvalue weighted by atomic mass is 80.0. The van der Waals surface area contributed by atoms with Crippen LogP contribution >= 0.6 is 47.8 Å². The van der Waals surface area contributed by atoms with Crippen molar-refractivity contribution in [1.82, 2.24) is 4.72 Å². The normalized spacial score (nSPS) is 13.4. The second kappa shape index (κ2) is 6.71. The number of benzene rings is 1. The van der Waals surface area contributed by atoms with Gasteiger partial charge in [0.05, 0.1) is 16.4 Å². The van der Waals surface area contributed by atoms with Gasteiger partial charge in [0.2, 0.25) is 21.3 Å². The minimum Gasteiger partial charge on any atom is -0.395 e. The maximum atomic E-state index is 12.0. The summed E-state index contributed by atoms with van der Waals surface area (Å²) in [5, 5.41) is 8.59. The first-order valence-electron chi connectivity index (χ1n) is 5.04. The number of hydrogen-bond donors (Lipinski definition) is 2. The quantitative estimate of drug-likeness (QED) is 0.579. The standard InChI is InChI=1S/C9H10Br3NO5S2/c10-9(11,12)19(15,16)7-1-3-8(4-2-7)20(17,18)13-5-6-14/h1-4,13-14H,5-6H2. The Balaban J connectivity index is 3.14. The molecule has 11 heteroatoms. The van der Waals surface area contributed by atoms with Crippen molar-refractivity contribution in [3.63, 3.8) is 0 Å². The molecule has 0 aliphatic carbocycles. The van der Waals surface area contributed by atoms with Gasteiger partial charge < -0.3 is 5.11 Å². The fourth-order valence-corrected chi connectivity index (χ4v) is 4.66. The van der Waals surface area contributed by atoms with Crippen LogP contribution in [-0.2, 0) is 19.9 Å². The third kappa shape index (κ3) is 4.24. The molecule has 1 aromatic carbocycles. The van der Waals surface area contributed by atoms with Crippen molar-refractivity contribution >= 4 is 67.7 Å². The monoisotopic (exact) mass is 513 g/mol. The molecular weight excluding hydrogens is 506 g/mol. The first kappa shape index (κ1) is 18.5. The second-order valence-corrected chi connectivity index (χ2v) is 15.7. The molecule has 0 atom stereocenters. The lowest BCUT2D eigenvalue weighted by molar-refractivity contribution is 0.301. The number of rotatable bonds is 5. The number of hydrogen-bond acceptors (Lipinski definition) is 5. The summed E-state index contributed by atoms with van der Waals surface area (Å²) in [6.45, 7) is -0.444. The predicted octanol–water partition coefficient (Wildman–Crippen LogP) is 1.53. The zero-order chi connectivity index (χ0) is 15.6. The van der Waals surface area contributed by atoms with Crippen molar-refractivity contribution in [1.29, 1.82) is 0 Å². The number of aliphatic hydroxyl groups is 1. The van der Waals surface area contributed by atoms with E-state index in [2.05, 4.69) is 52.5 Å². The smallest absolute Gasteiger partial charge is 0.240 e. The number of sulfone groups is 1. The summed E-state index contributed by atoms with van der Waals surface area (Å²) in [7, 11) is -7.52. The molecule has 0 aliphatic rings. The van der Waals surface area contributed by atoms with Gasteiger partial charge in [-0.2, -0.15) is 0 Å². The van der Waals surface area contributed by atoms with E-state index in [0.29, 0.717) is 0 Å². The van der Waals surface area contributed by atoms with Crippen LogP contribution in [0.4, 0.5) is 0 Å². The fourth-order valence-electron chi connectivity index (χ4n) is 1.19. The highest BCUT2D eigenvalue weighted by Crippen LogP contribution is 2.43. The molecule has 0 saturated heterocycles. The molecule has 1 rings (SSSR count). The summed E-state index contributed by atoms with van der Waals surface area (Å²) in [6, 6.07) is 4.71. The van der Waals surface area contributed by atoms with Crippen molar-refractivity contribution in [3.05, 3.63) is 24.3 Å². The molecule has 0 fully saturated rings. The van der Waals surface area contributed by atoms with Crippen molar-refractivity contribution in [2.24, 2.45) is 0 Å². The highest BCUT2D eigenvalue weighted by Gasteiger charge is 2.37. The van der Waals surface area contributed by atoms with E-state index >= 15 is 0 Å². The molecular formula is C9H10Br3NO5S2. The molecule has 0 aliphatic heterocycles. The van der Waals surface area contributed by atoms with Crippen LogP contribution in [-0.4, -0.2) is 36.6 Å². The Morgan fingerprint density at radius 3 is 1.85 bits per heavy atom.